The SMILES string of the molecule is C=COC(=O)CCCCCCOc1ccc(OC(=O)c2ccc(OC(=O)c3ccc(F)c(OC(=O)c4ccc(OC(=O)c5ccc(OCCCCCCCCOC(=O)C=C)cc5)cc4)c3)cc2)cc1. The average molecular weight is 945 g/mol. The number of esters is 6. The zero-order chi connectivity index (χ0) is 49.2. The van der Waals surface area contributed by atoms with E-state index in [2.05, 4.69) is 13.2 Å². The number of rotatable bonds is 28. The van der Waals surface area contributed by atoms with Gasteiger partial charge in [0, 0.05) is 12.5 Å². The Hall–Kier alpha value is -8.07. The van der Waals surface area contributed by atoms with Crippen LogP contribution in [0.15, 0.2) is 141 Å². The van der Waals surface area contributed by atoms with E-state index >= 15 is 0 Å². The molecule has 69 heavy (non-hydrogen) atoms. The Kier molecular flexibility index (Phi) is 21.2. The Balaban J connectivity index is 1.00. The third kappa shape index (κ3) is 18.3. The Morgan fingerprint density at radius 1 is 0.435 bits per heavy atom. The average Bonchev–Trinajstić information content (AvgIpc) is 3.35. The molecule has 0 fully saturated rings. The molecule has 0 N–H and O–H groups in total. The highest BCUT2D eigenvalue weighted by atomic mass is 19.1. The highest BCUT2D eigenvalue weighted by Gasteiger charge is 2.18. The van der Waals surface area contributed by atoms with E-state index in [1.165, 1.54) is 48.5 Å². The van der Waals surface area contributed by atoms with Gasteiger partial charge in [0.1, 0.15) is 28.7 Å². The third-order valence-corrected chi connectivity index (χ3v) is 10.1. The van der Waals surface area contributed by atoms with Crippen LogP contribution in [-0.2, 0) is 19.1 Å². The first-order chi connectivity index (χ1) is 33.5. The lowest BCUT2D eigenvalue weighted by Crippen LogP contribution is -2.13. The lowest BCUT2D eigenvalue weighted by molar-refractivity contribution is -0.138. The van der Waals surface area contributed by atoms with E-state index in [0.717, 1.165) is 94.7 Å². The van der Waals surface area contributed by atoms with Crippen LogP contribution in [0.3, 0.4) is 0 Å². The molecule has 14 nitrogen and oxygen atoms in total. The van der Waals surface area contributed by atoms with E-state index < -0.39 is 41.4 Å². The van der Waals surface area contributed by atoms with E-state index in [1.807, 2.05) is 0 Å². The van der Waals surface area contributed by atoms with Gasteiger partial charge in [-0.2, -0.15) is 0 Å². The van der Waals surface area contributed by atoms with Crippen molar-refractivity contribution >= 4 is 35.8 Å². The molecule has 0 bridgehead atoms. The molecule has 0 aromatic heterocycles. The van der Waals surface area contributed by atoms with Crippen molar-refractivity contribution < 1.29 is 71.1 Å². The standard InChI is InChI=1S/C54H53FO14/c1-3-49(56)65-36-14-9-6-5-8-12-34-63-42-23-16-38(17-24-42)51(58)66-44-27-20-40(21-28-44)53(60)69-48-37-41(22-33-47(48)55)54(61)68-45-25-18-39(19-26-45)52(59)67-46-31-29-43(30-32-46)64-35-13-10-7-11-15-50(57)62-4-2/h3-4,16-33,37H,1-2,5-15,34-36H2. The summed E-state index contributed by atoms with van der Waals surface area (Å²) in [7, 11) is 0. The maximum atomic E-state index is 14.8. The van der Waals surface area contributed by atoms with Crippen molar-refractivity contribution in [3.05, 3.63) is 169 Å². The van der Waals surface area contributed by atoms with Gasteiger partial charge in [0.05, 0.1) is 48.3 Å². The second kappa shape index (κ2) is 28.2. The molecular weight excluding hydrogens is 892 g/mol. The van der Waals surface area contributed by atoms with Gasteiger partial charge in [-0.15, -0.1) is 0 Å². The van der Waals surface area contributed by atoms with Gasteiger partial charge in [0.15, 0.2) is 11.6 Å². The molecule has 0 saturated carbocycles. The number of carbonyl (C=O) groups is 6. The predicted octanol–water partition coefficient (Wildman–Crippen LogP) is 11.2. The lowest BCUT2D eigenvalue weighted by atomic mass is 10.1. The molecule has 15 heteroatoms. The highest BCUT2D eigenvalue weighted by molar-refractivity contribution is 5.95. The zero-order valence-electron chi connectivity index (χ0n) is 38.0. The first-order valence-electron chi connectivity index (χ1n) is 22.4. The van der Waals surface area contributed by atoms with E-state index in [9.17, 15) is 33.2 Å². The molecule has 5 rings (SSSR count). The molecule has 0 heterocycles. The Morgan fingerprint density at radius 3 is 1.29 bits per heavy atom. The summed E-state index contributed by atoms with van der Waals surface area (Å²) in [4.78, 5) is 73.9. The smallest absolute Gasteiger partial charge is 0.343 e. The van der Waals surface area contributed by atoms with Gasteiger partial charge in [0.25, 0.3) is 0 Å². The number of hydrogen-bond acceptors (Lipinski definition) is 14. The van der Waals surface area contributed by atoms with Crippen molar-refractivity contribution in [3.63, 3.8) is 0 Å². The largest absolute Gasteiger partial charge is 0.494 e. The summed E-state index contributed by atoms with van der Waals surface area (Å²) in [6, 6.07) is 27.3. The van der Waals surface area contributed by atoms with E-state index in [4.69, 9.17) is 37.9 Å². The van der Waals surface area contributed by atoms with Gasteiger partial charge in [-0.3, -0.25) is 4.79 Å². The molecule has 0 atom stereocenters. The fourth-order valence-electron chi connectivity index (χ4n) is 6.37. The van der Waals surface area contributed by atoms with Gasteiger partial charge in [-0.25, -0.2) is 28.4 Å². The second-order valence-electron chi connectivity index (χ2n) is 15.3. The van der Waals surface area contributed by atoms with Gasteiger partial charge in [-0.1, -0.05) is 51.7 Å². The highest BCUT2D eigenvalue weighted by Crippen LogP contribution is 2.25. The normalized spacial score (nSPS) is 10.5. The monoisotopic (exact) mass is 944 g/mol. The van der Waals surface area contributed by atoms with E-state index in [0.29, 0.717) is 43.5 Å². The molecule has 5 aromatic rings. The molecule has 5 aromatic carbocycles. The minimum atomic E-state index is -0.937. The molecule has 0 aliphatic rings. The van der Waals surface area contributed by atoms with Crippen molar-refractivity contribution in [3.8, 4) is 34.5 Å². The summed E-state index contributed by atoms with van der Waals surface area (Å²) >= 11 is 0. The fourth-order valence-corrected chi connectivity index (χ4v) is 6.37. The minimum absolute atomic E-state index is 0.0149. The van der Waals surface area contributed by atoms with E-state index in [1.54, 1.807) is 48.5 Å². The molecular formula is C54H53FO14. The zero-order valence-corrected chi connectivity index (χ0v) is 38.0. The first kappa shape index (κ1) is 51.9. The van der Waals surface area contributed by atoms with Crippen LogP contribution >= 0.6 is 0 Å². The third-order valence-electron chi connectivity index (χ3n) is 10.1. The summed E-state index contributed by atoms with van der Waals surface area (Å²) in [6.45, 7) is 8.14. The van der Waals surface area contributed by atoms with Crippen molar-refractivity contribution in [2.24, 2.45) is 0 Å². The van der Waals surface area contributed by atoms with Crippen LogP contribution in [0.2, 0.25) is 0 Å². The molecule has 0 aliphatic heterocycles. The molecule has 0 saturated heterocycles. The van der Waals surface area contributed by atoms with Crippen molar-refractivity contribution in [1.29, 1.82) is 0 Å². The van der Waals surface area contributed by atoms with Crippen LogP contribution in [0.1, 0.15) is 112 Å². The Bertz CT molecular complexity index is 2500. The minimum Gasteiger partial charge on any atom is -0.494 e. The van der Waals surface area contributed by atoms with Crippen molar-refractivity contribution in [2.45, 2.75) is 70.6 Å². The molecule has 0 unspecified atom stereocenters. The van der Waals surface area contributed by atoms with Crippen LogP contribution in [-0.4, -0.2) is 55.6 Å². The van der Waals surface area contributed by atoms with Gasteiger partial charge in [0.2, 0.25) is 0 Å². The number of hydrogen-bond donors (Lipinski definition) is 0. The van der Waals surface area contributed by atoms with Gasteiger partial charge < -0.3 is 37.9 Å². The number of halogens is 1. The fraction of sp³-hybridized carbons (Fsp3) is 0.259. The summed E-state index contributed by atoms with van der Waals surface area (Å²) in [5.74, 6) is -3.50. The van der Waals surface area contributed by atoms with Gasteiger partial charge in [-0.05, 0) is 141 Å². The number of carbonyl (C=O) groups excluding carboxylic acids is 6. The quantitative estimate of drug-likeness (QED) is 0.0152. The number of benzene rings is 5. The first-order valence-corrected chi connectivity index (χ1v) is 22.4. The van der Waals surface area contributed by atoms with Crippen molar-refractivity contribution in [1.82, 2.24) is 0 Å². The maximum absolute atomic E-state index is 14.8. The molecule has 0 amide bonds. The summed E-state index contributed by atoms with van der Waals surface area (Å²) in [5, 5.41) is 0. The number of ether oxygens (including phenoxy) is 8. The second-order valence-corrected chi connectivity index (χ2v) is 15.3. The van der Waals surface area contributed by atoms with Crippen LogP contribution in [0.4, 0.5) is 4.39 Å². The molecule has 0 spiro atoms. The summed E-state index contributed by atoms with van der Waals surface area (Å²) in [5.41, 5.74) is 0.358. The maximum Gasteiger partial charge on any atom is 0.343 e. The summed E-state index contributed by atoms with van der Waals surface area (Å²) < 4.78 is 57.5. The van der Waals surface area contributed by atoms with Crippen LogP contribution in [0.5, 0.6) is 34.5 Å². The Labute approximate surface area is 399 Å². The summed E-state index contributed by atoms with van der Waals surface area (Å²) in [6.07, 6.45) is 11.7. The van der Waals surface area contributed by atoms with Crippen LogP contribution in [0, 0.1) is 5.82 Å². The van der Waals surface area contributed by atoms with Gasteiger partial charge >= 0.3 is 35.8 Å². The van der Waals surface area contributed by atoms with E-state index in [-0.39, 0.29) is 39.7 Å². The predicted molar refractivity (Wildman–Crippen MR) is 251 cm³/mol. The van der Waals surface area contributed by atoms with Crippen LogP contribution < -0.4 is 28.4 Å². The Morgan fingerprint density at radius 2 is 0.812 bits per heavy atom. The molecule has 0 aliphatic carbocycles. The van der Waals surface area contributed by atoms with Crippen molar-refractivity contribution in [2.75, 3.05) is 19.8 Å². The molecule has 0 radical (unpaired) electrons. The number of unbranched alkanes of at least 4 members (excludes halogenated alkanes) is 8. The topological polar surface area (TPSA) is 176 Å². The van der Waals surface area contributed by atoms with Crippen LogP contribution in [0.25, 0.3) is 0 Å². The molecule has 360 valence electrons. The lowest BCUT2D eigenvalue weighted by Gasteiger charge is -2.10.